The number of aromatic nitrogens is 2. The zero-order valence-corrected chi connectivity index (χ0v) is 16.8. The lowest BCUT2D eigenvalue weighted by Crippen LogP contribution is -2.21. The zero-order valence-electron chi connectivity index (χ0n) is 15.2. The van der Waals surface area contributed by atoms with Crippen molar-refractivity contribution in [3.05, 3.63) is 76.4 Å². The van der Waals surface area contributed by atoms with Gasteiger partial charge in [-0.2, -0.15) is 0 Å². The monoisotopic (exact) mass is 410 g/mol. The van der Waals surface area contributed by atoms with Crippen LogP contribution in [0.1, 0.15) is 0 Å². The summed E-state index contributed by atoms with van der Waals surface area (Å²) in [7, 11) is 1.64. The maximum absolute atomic E-state index is 13.0. The predicted molar refractivity (Wildman–Crippen MR) is 114 cm³/mol. The Morgan fingerprint density at radius 2 is 1.79 bits per heavy atom. The summed E-state index contributed by atoms with van der Waals surface area (Å²) in [4.78, 5) is 18.5. The maximum Gasteiger partial charge on any atom is 0.267 e. The minimum Gasteiger partial charge on any atom is -0.497 e. The summed E-state index contributed by atoms with van der Waals surface area (Å²) >= 11 is 2.99. The number of thioether (sulfide) groups is 1. The van der Waals surface area contributed by atoms with Gasteiger partial charge in [0, 0.05) is 5.75 Å². The molecule has 28 heavy (non-hydrogen) atoms. The van der Waals surface area contributed by atoms with Crippen molar-refractivity contribution in [1.82, 2.24) is 9.55 Å². The van der Waals surface area contributed by atoms with E-state index in [1.54, 1.807) is 11.7 Å². The van der Waals surface area contributed by atoms with Gasteiger partial charge in [-0.3, -0.25) is 9.36 Å². The highest BCUT2D eigenvalue weighted by Crippen LogP contribution is 2.24. The molecule has 5 nitrogen and oxygen atoms in total. The molecule has 0 amide bonds. The van der Waals surface area contributed by atoms with E-state index in [1.165, 1.54) is 23.1 Å². The van der Waals surface area contributed by atoms with Crippen LogP contribution in [0.3, 0.4) is 0 Å². The van der Waals surface area contributed by atoms with Gasteiger partial charge in [0.2, 0.25) is 0 Å². The normalized spacial score (nSPS) is 10.9. The molecule has 0 radical (unpaired) electrons. The van der Waals surface area contributed by atoms with E-state index in [4.69, 9.17) is 14.5 Å². The van der Waals surface area contributed by atoms with Crippen molar-refractivity contribution < 1.29 is 9.47 Å². The van der Waals surface area contributed by atoms with E-state index in [2.05, 4.69) is 0 Å². The Balaban J connectivity index is 1.53. The first kappa shape index (κ1) is 18.6. The lowest BCUT2D eigenvalue weighted by molar-refractivity contribution is 0.342. The maximum atomic E-state index is 13.0. The SMILES string of the molecule is COc1ccc(OCCSc2nc3sccc3c(=O)n2-c2ccccc2)cc1. The summed E-state index contributed by atoms with van der Waals surface area (Å²) < 4.78 is 12.6. The lowest BCUT2D eigenvalue weighted by atomic mass is 10.3. The predicted octanol–water partition coefficient (Wildman–Crippen LogP) is 4.63. The highest BCUT2D eigenvalue weighted by Gasteiger charge is 2.14. The average Bonchev–Trinajstić information content (AvgIpc) is 3.21. The Hall–Kier alpha value is -2.77. The largest absolute Gasteiger partial charge is 0.497 e. The Kier molecular flexibility index (Phi) is 5.64. The molecule has 0 aliphatic heterocycles. The van der Waals surface area contributed by atoms with Crippen molar-refractivity contribution in [3.63, 3.8) is 0 Å². The second-order valence-corrected chi connectivity index (χ2v) is 7.84. The molecule has 0 spiro atoms. The minimum absolute atomic E-state index is 0.0453. The average molecular weight is 411 g/mol. The standard InChI is InChI=1S/C21H18N2O3S2/c1-25-16-7-9-17(10-8-16)26-12-14-28-21-22-19-18(11-13-27-19)20(24)23(21)15-5-3-2-4-6-15/h2-11,13H,12,14H2,1H3. The first-order valence-corrected chi connectivity index (χ1v) is 10.6. The van der Waals surface area contributed by atoms with Gasteiger partial charge in [0.05, 0.1) is 24.8 Å². The second kappa shape index (κ2) is 8.50. The van der Waals surface area contributed by atoms with Gasteiger partial charge in [-0.1, -0.05) is 30.0 Å². The zero-order chi connectivity index (χ0) is 19.3. The molecule has 2 heterocycles. The van der Waals surface area contributed by atoms with Crippen LogP contribution in [0.5, 0.6) is 11.5 Å². The number of ether oxygens (including phenoxy) is 2. The van der Waals surface area contributed by atoms with Crippen LogP contribution in [0.4, 0.5) is 0 Å². The third kappa shape index (κ3) is 3.90. The molecule has 0 bridgehead atoms. The van der Waals surface area contributed by atoms with Crippen LogP contribution in [-0.2, 0) is 0 Å². The molecule has 2 aromatic heterocycles. The van der Waals surface area contributed by atoms with Gasteiger partial charge < -0.3 is 9.47 Å². The van der Waals surface area contributed by atoms with Gasteiger partial charge in [-0.05, 0) is 47.8 Å². The molecule has 4 rings (SSSR count). The van der Waals surface area contributed by atoms with E-state index in [9.17, 15) is 4.79 Å². The van der Waals surface area contributed by atoms with Crippen LogP contribution in [0.25, 0.3) is 15.9 Å². The van der Waals surface area contributed by atoms with Gasteiger partial charge in [-0.15, -0.1) is 11.3 Å². The molecular formula is C21H18N2O3S2. The van der Waals surface area contributed by atoms with Crippen LogP contribution in [0.15, 0.2) is 76.0 Å². The molecule has 0 aliphatic rings. The number of thiophene rings is 1. The van der Waals surface area contributed by atoms with Gasteiger partial charge in [0.15, 0.2) is 5.16 Å². The number of nitrogens with zero attached hydrogens (tertiary/aromatic N) is 2. The first-order valence-electron chi connectivity index (χ1n) is 8.71. The molecule has 0 atom stereocenters. The summed E-state index contributed by atoms with van der Waals surface area (Å²) in [5.74, 6) is 2.24. The number of hydrogen-bond donors (Lipinski definition) is 0. The number of hydrogen-bond acceptors (Lipinski definition) is 6. The summed E-state index contributed by atoms with van der Waals surface area (Å²) in [6.07, 6.45) is 0. The topological polar surface area (TPSA) is 53.4 Å². The molecule has 0 N–H and O–H groups in total. The summed E-state index contributed by atoms with van der Waals surface area (Å²) in [6.45, 7) is 0.504. The molecule has 0 saturated carbocycles. The van der Waals surface area contributed by atoms with E-state index < -0.39 is 0 Å². The smallest absolute Gasteiger partial charge is 0.267 e. The molecule has 0 saturated heterocycles. The Morgan fingerprint density at radius 3 is 2.54 bits per heavy atom. The fourth-order valence-corrected chi connectivity index (χ4v) is 4.40. The van der Waals surface area contributed by atoms with Crippen molar-refractivity contribution >= 4 is 33.3 Å². The molecule has 4 aromatic rings. The fraction of sp³-hybridized carbons (Fsp3) is 0.143. The molecule has 0 fully saturated rings. The first-order chi connectivity index (χ1) is 13.8. The van der Waals surface area contributed by atoms with Gasteiger partial charge in [0.25, 0.3) is 5.56 Å². The van der Waals surface area contributed by atoms with Crippen LogP contribution in [0, 0.1) is 0 Å². The number of para-hydroxylation sites is 1. The van der Waals surface area contributed by atoms with E-state index in [1.807, 2.05) is 66.0 Å². The van der Waals surface area contributed by atoms with E-state index in [-0.39, 0.29) is 5.56 Å². The van der Waals surface area contributed by atoms with Crippen LogP contribution in [0.2, 0.25) is 0 Å². The number of rotatable bonds is 7. The lowest BCUT2D eigenvalue weighted by Gasteiger charge is -2.12. The van der Waals surface area contributed by atoms with Gasteiger partial charge in [-0.25, -0.2) is 4.98 Å². The molecule has 7 heteroatoms. The van der Waals surface area contributed by atoms with Crippen molar-refractivity contribution in [2.45, 2.75) is 5.16 Å². The number of fused-ring (bicyclic) bond motifs is 1. The number of benzene rings is 2. The van der Waals surface area contributed by atoms with Crippen molar-refractivity contribution in [2.75, 3.05) is 19.5 Å². The molecule has 0 unspecified atom stereocenters. The molecule has 2 aromatic carbocycles. The Bertz CT molecular complexity index is 1120. The summed E-state index contributed by atoms with van der Waals surface area (Å²) in [6, 6.07) is 18.9. The van der Waals surface area contributed by atoms with Crippen molar-refractivity contribution in [1.29, 1.82) is 0 Å². The van der Waals surface area contributed by atoms with Crippen molar-refractivity contribution in [2.24, 2.45) is 0 Å². The van der Waals surface area contributed by atoms with E-state index >= 15 is 0 Å². The van der Waals surface area contributed by atoms with Gasteiger partial charge in [0.1, 0.15) is 16.3 Å². The summed E-state index contributed by atoms with van der Waals surface area (Å²) in [5, 5.41) is 3.22. The minimum atomic E-state index is -0.0453. The Labute approximate surface area is 170 Å². The van der Waals surface area contributed by atoms with Crippen molar-refractivity contribution in [3.8, 4) is 17.2 Å². The quantitative estimate of drug-likeness (QED) is 0.253. The second-order valence-electron chi connectivity index (χ2n) is 5.88. The van der Waals surface area contributed by atoms with Crippen LogP contribution < -0.4 is 15.0 Å². The fourth-order valence-electron chi connectivity index (χ4n) is 2.76. The Morgan fingerprint density at radius 1 is 1.04 bits per heavy atom. The molecular weight excluding hydrogens is 392 g/mol. The third-order valence-electron chi connectivity index (χ3n) is 4.12. The van der Waals surface area contributed by atoms with E-state index in [0.29, 0.717) is 22.9 Å². The highest BCUT2D eigenvalue weighted by atomic mass is 32.2. The van der Waals surface area contributed by atoms with E-state index in [0.717, 1.165) is 22.0 Å². The molecule has 142 valence electrons. The number of methoxy groups -OCH3 is 1. The van der Waals surface area contributed by atoms with Crippen LogP contribution in [-0.4, -0.2) is 29.0 Å². The third-order valence-corrected chi connectivity index (χ3v) is 5.83. The highest BCUT2D eigenvalue weighted by molar-refractivity contribution is 7.99. The summed E-state index contributed by atoms with van der Waals surface area (Å²) in [5.41, 5.74) is 0.766. The molecule has 0 aliphatic carbocycles. The van der Waals surface area contributed by atoms with Gasteiger partial charge >= 0.3 is 0 Å². The van der Waals surface area contributed by atoms with Crippen LogP contribution >= 0.6 is 23.1 Å².